The van der Waals surface area contributed by atoms with Crippen LogP contribution in [0.3, 0.4) is 0 Å². The van der Waals surface area contributed by atoms with Crippen molar-refractivity contribution in [2.45, 2.75) is 24.3 Å². The molecular weight excluding hydrogens is 205 g/mol. The van der Waals surface area contributed by atoms with Crippen molar-refractivity contribution in [3.05, 3.63) is 35.6 Å². The maximum absolute atomic E-state index is 13.8. The predicted molar refractivity (Wildman–Crippen MR) is 59.6 cm³/mol. The molecule has 1 aromatic carbocycles. The molecule has 1 heterocycles. The highest BCUT2D eigenvalue weighted by Crippen LogP contribution is 2.48. The van der Waals surface area contributed by atoms with Crippen molar-refractivity contribution in [3.63, 3.8) is 0 Å². The maximum atomic E-state index is 13.8. The van der Waals surface area contributed by atoms with Crippen LogP contribution in [-0.2, 0) is 10.2 Å². The Morgan fingerprint density at radius 1 is 1.25 bits per heavy atom. The molecule has 3 rings (SSSR count). The molecule has 16 heavy (non-hydrogen) atoms. The number of ether oxygens (including phenoxy) is 1. The maximum Gasteiger partial charge on any atom is 0.127 e. The van der Waals surface area contributed by atoms with Crippen LogP contribution in [0.1, 0.15) is 18.4 Å². The van der Waals surface area contributed by atoms with Gasteiger partial charge < -0.3 is 10.5 Å². The van der Waals surface area contributed by atoms with Gasteiger partial charge in [0.2, 0.25) is 0 Å². The van der Waals surface area contributed by atoms with Crippen LogP contribution < -0.4 is 5.73 Å². The van der Waals surface area contributed by atoms with Gasteiger partial charge in [0.05, 0.1) is 13.2 Å². The molecule has 1 aromatic rings. The summed E-state index contributed by atoms with van der Waals surface area (Å²) in [5.74, 6) is 0.388. The first kappa shape index (κ1) is 10.2. The fourth-order valence-electron chi connectivity index (χ4n) is 2.91. The molecular formula is C13H16FNO. The SMILES string of the molecule is NC1CC(C2(c3ccccc3F)COC2)C1. The predicted octanol–water partition coefficient (Wildman–Crippen LogP) is 1.83. The second-order valence-corrected chi connectivity index (χ2v) is 5.06. The summed E-state index contributed by atoms with van der Waals surface area (Å²) in [4.78, 5) is 0. The summed E-state index contributed by atoms with van der Waals surface area (Å²) in [6.07, 6.45) is 2.00. The Balaban J connectivity index is 1.93. The van der Waals surface area contributed by atoms with Crippen molar-refractivity contribution in [1.29, 1.82) is 0 Å². The molecule has 0 amide bonds. The van der Waals surface area contributed by atoms with Crippen molar-refractivity contribution >= 4 is 0 Å². The first-order valence-electron chi connectivity index (χ1n) is 5.81. The van der Waals surface area contributed by atoms with Crippen molar-refractivity contribution in [2.24, 2.45) is 11.7 Å². The Bertz CT molecular complexity index is 397. The first-order valence-corrected chi connectivity index (χ1v) is 5.81. The van der Waals surface area contributed by atoms with Crippen LogP contribution in [0.2, 0.25) is 0 Å². The van der Waals surface area contributed by atoms with E-state index in [-0.39, 0.29) is 11.2 Å². The summed E-state index contributed by atoms with van der Waals surface area (Å²) in [5, 5.41) is 0. The van der Waals surface area contributed by atoms with Crippen molar-refractivity contribution in [2.75, 3.05) is 13.2 Å². The van der Waals surface area contributed by atoms with Gasteiger partial charge in [-0.25, -0.2) is 4.39 Å². The molecule has 1 saturated carbocycles. The summed E-state index contributed by atoms with van der Waals surface area (Å²) >= 11 is 0. The molecule has 1 aliphatic carbocycles. The molecule has 0 radical (unpaired) electrons. The molecule has 2 nitrogen and oxygen atoms in total. The van der Waals surface area contributed by atoms with Crippen LogP contribution in [0, 0.1) is 11.7 Å². The van der Waals surface area contributed by atoms with Crippen LogP contribution in [0.15, 0.2) is 24.3 Å². The molecule has 0 spiro atoms. The van der Waals surface area contributed by atoms with E-state index in [1.165, 1.54) is 6.07 Å². The zero-order chi connectivity index (χ0) is 11.2. The molecule has 0 bridgehead atoms. The van der Waals surface area contributed by atoms with Crippen LogP contribution in [0.25, 0.3) is 0 Å². The quantitative estimate of drug-likeness (QED) is 0.827. The molecule has 2 fully saturated rings. The van der Waals surface area contributed by atoms with Gasteiger partial charge in [-0.1, -0.05) is 18.2 Å². The van der Waals surface area contributed by atoms with E-state index in [0.29, 0.717) is 25.2 Å². The van der Waals surface area contributed by atoms with Crippen LogP contribution in [0.5, 0.6) is 0 Å². The van der Waals surface area contributed by atoms with Gasteiger partial charge in [0.1, 0.15) is 5.82 Å². The molecule has 0 atom stereocenters. The zero-order valence-electron chi connectivity index (χ0n) is 9.16. The first-order chi connectivity index (χ1) is 7.72. The lowest BCUT2D eigenvalue weighted by Crippen LogP contribution is -2.58. The van der Waals surface area contributed by atoms with Gasteiger partial charge in [-0.3, -0.25) is 0 Å². The van der Waals surface area contributed by atoms with Crippen molar-refractivity contribution in [1.82, 2.24) is 0 Å². The highest BCUT2D eigenvalue weighted by Gasteiger charge is 2.52. The summed E-state index contributed by atoms with van der Waals surface area (Å²) in [6.45, 7) is 1.29. The van der Waals surface area contributed by atoms with E-state index in [0.717, 1.165) is 18.4 Å². The Morgan fingerprint density at radius 2 is 1.94 bits per heavy atom. The van der Waals surface area contributed by atoms with Crippen LogP contribution in [-0.4, -0.2) is 19.3 Å². The molecule has 0 aromatic heterocycles. The lowest BCUT2D eigenvalue weighted by atomic mass is 9.59. The number of rotatable bonds is 2. The second-order valence-electron chi connectivity index (χ2n) is 5.06. The van der Waals surface area contributed by atoms with Gasteiger partial charge in [0, 0.05) is 11.5 Å². The number of benzene rings is 1. The van der Waals surface area contributed by atoms with Gasteiger partial charge in [-0.2, -0.15) is 0 Å². The molecule has 1 aliphatic heterocycles. The third kappa shape index (κ3) is 1.31. The van der Waals surface area contributed by atoms with Crippen LogP contribution >= 0.6 is 0 Å². The number of halogens is 1. The van der Waals surface area contributed by atoms with Gasteiger partial charge in [-0.05, 0) is 30.4 Å². The highest BCUT2D eigenvalue weighted by molar-refractivity contribution is 5.32. The summed E-state index contributed by atoms with van der Waals surface area (Å²) in [7, 11) is 0. The lowest BCUT2D eigenvalue weighted by Gasteiger charge is -2.53. The number of hydrogen-bond donors (Lipinski definition) is 1. The minimum atomic E-state index is -0.105. The fraction of sp³-hybridized carbons (Fsp3) is 0.538. The van der Waals surface area contributed by atoms with Gasteiger partial charge in [0.25, 0.3) is 0 Å². The molecule has 2 aliphatic rings. The second kappa shape index (κ2) is 3.54. The van der Waals surface area contributed by atoms with Gasteiger partial charge in [-0.15, -0.1) is 0 Å². The standard InChI is InChI=1S/C13H16FNO/c14-12-4-2-1-3-11(12)13(7-16-8-13)9-5-10(15)6-9/h1-4,9-10H,5-8,15H2. The molecule has 1 saturated heterocycles. The highest BCUT2D eigenvalue weighted by atomic mass is 19.1. The van der Waals surface area contributed by atoms with Gasteiger partial charge >= 0.3 is 0 Å². The van der Waals surface area contributed by atoms with E-state index >= 15 is 0 Å². The summed E-state index contributed by atoms with van der Waals surface area (Å²) < 4.78 is 19.2. The molecule has 3 heteroatoms. The van der Waals surface area contributed by atoms with E-state index in [1.807, 2.05) is 12.1 Å². The summed E-state index contributed by atoms with van der Waals surface area (Å²) in [5.41, 5.74) is 6.55. The van der Waals surface area contributed by atoms with E-state index in [1.54, 1.807) is 6.07 Å². The zero-order valence-corrected chi connectivity index (χ0v) is 9.16. The van der Waals surface area contributed by atoms with Gasteiger partial charge in [0.15, 0.2) is 0 Å². The Morgan fingerprint density at radius 3 is 2.44 bits per heavy atom. The molecule has 0 unspecified atom stereocenters. The smallest absolute Gasteiger partial charge is 0.127 e. The topological polar surface area (TPSA) is 35.2 Å². The Hall–Kier alpha value is -0.930. The van der Waals surface area contributed by atoms with E-state index in [2.05, 4.69) is 0 Å². The normalized spacial score (nSPS) is 31.6. The van der Waals surface area contributed by atoms with E-state index < -0.39 is 0 Å². The Kier molecular flexibility index (Phi) is 2.26. The van der Waals surface area contributed by atoms with E-state index in [9.17, 15) is 4.39 Å². The van der Waals surface area contributed by atoms with Crippen molar-refractivity contribution < 1.29 is 9.13 Å². The molecule has 86 valence electrons. The Labute approximate surface area is 94.6 Å². The lowest BCUT2D eigenvalue weighted by molar-refractivity contribution is -0.112. The third-order valence-corrected chi connectivity index (χ3v) is 4.09. The average molecular weight is 221 g/mol. The molecule has 2 N–H and O–H groups in total. The van der Waals surface area contributed by atoms with E-state index in [4.69, 9.17) is 10.5 Å². The number of hydrogen-bond acceptors (Lipinski definition) is 2. The third-order valence-electron chi connectivity index (χ3n) is 4.09. The largest absolute Gasteiger partial charge is 0.379 e. The monoisotopic (exact) mass is 221 g/mol. The summed E-state index contributed by atoms with van der Waals surface area (Å²) in [6, 6.07) is 7.36. The average Bonchev–Trinajstić information content (AvgIpc) is 2.16. The number of nitrogens with two attached hydrogens (primary N) is 1. The van der Waals surface area contributed by atoms with Crippen molar-refractivity contribution in [3.8, 4) is 0 Å². The fourth-order valence-corrected chi connectivity index (χ4v) is 2.91. The minimum absolute atomic E-state index is 0.0960. The minimum Gasteiger partial charge on any atom is -0.379 e. The van der Waals surface area contributed by atoms with Crippen LogP contribution in [0.4, 0.5) is 4.39 Å².